The van der Waals surface area contributed by atoms with Crippen molar-refractivity contribution in [1.29, 1.82) is 0 Å². The molecule has 4 atom stereocenters. The minimum Gasteiger partial charge on any atom is -0.474 e. The predicted molar refractivity (Wildman–Crippen MR) is 156 cm³/mol. The molecule has 244 valence electrons. The molecule has 0 radical (unpaired) electrons. The second-order valence-electron chi connectivity index (χ2n) is 12.0. The summed E-state index contributed by atoms with van der Waals surface area (Å²) < 4.78 is 100. The van der Waals surface area contributed by atoms with Gasteiger partial charge in [-0.05, 0) is 52.3 Å². The number of hydrogen-bond acceptors (Lipinski definition) is 9. The molecule has 0 saturated carbocycles. The van der Waals surface area contributed by atoms with E-state index < -0.39 is 68.7 Å². The second-order valence-corrected chi connectivity index (χ2v) is 12.4. The average molecular weight is 660 g/mol. The van der Waals surface area contributed by atoms with E-state index >= 15 is 4.39 Å². The fourth-order valence-electron chi connectivity index (χ4n) is 6.44. The summed E-state index contributed by atoms with van der Waals surface area (Å²) in [5.41, 5.74) is 0.510. The van der Waals surface area contributed by atoms with Crippen molar-refractivity contribution in [1.82, 2.24) is 25.2 Å². The van der Waals surface area contributed by atoms with E-state index in [0.717, 1.165) is 6.42 Å². The van der Waals surface area contributed by atoms with Crippen molar-refractivity contribution in [2.75, 3.05) is 43.8 Å². The molecule has 2 aromatic heterocycles. The number of rotatable bonds is 4. The lowest BCUT2D eigenvalue weighted by Crippen LogP contribution is -2.43. The molecule has 2 unspecified atom stereocenters. The summed E-state index contributed by atoms with van der Waals surface area (Å²) in [6.45, 7) is 5.55. The Balaban J connectivity index is 1.55. The quantitative estimate of drug-likeness (QED) is 0.239. The maximum absolute atomic E-state index is 16.6. The smallest absolute Gasteiger partial charge is 0.418 e. The van der Waals surface area contributed by atoms with E-state index in [1.807, 2.05) is 11.8 Å². The van der Waals surface area contributed by atoms with E-state index in [1.165, 1.54) is 0 Å². The van der Waals surface area contributed by atoms with Gasteiger partial charge in [0.05, 0.1) is 27.9 Å². The molecule has 3 aliphatic rings. The number of nitrogens with zero attached hydrogens (tertiary/aromatic N) is 4. The lowest BCUT2D eigenvalue weighted by atomic mass is 9.95. The van der Waals surface area contributed by atoms with Gasteiger partial charge in [-0.25, -0.2) is 18.2 Å². The molecule has 0 aliphatic carbocycles. The normalized spacial score (nSPS) is 25.8. The third-order valence-corrected chi connectivity index (χ3v) is 9.02. The summed E-state index contributed by atoms with van der Waals surface area (Å²) in [5.74, 6) is -2.94. The predicted octanol–water partition coefficient (Wildman–Crippen LogP) is 5.74. The van der Waals surface area contributed by atoms with Crippen LogP contribution in [0.1, 0.15) is 45.1 Å². The Labute approximate surface area is 259 Å². The first-order chi connectivity index (χ1) is 21.3. The van der Waals surface area contributed by atoms with Crippen LogP contribution in [0.3, 0.4) is 0 Å². The number of nitrogens with two attached hydrogens (primary N) is 1. The molecule has 5 heterocycles. The van der Waals surface area contributed by atoms with E-state index in [1.54, 1.807) is 6.92 Å². The van der Waals surface area contributed by atoms with Crippen LogP contribution in [-0.2, 0) is 6.18 Å². The summed E-state index contributed by atoms with van der Waals surface area (Å²) >= 11 is 5.79. The van der Waals surface area contributed by atoms with Crippen molar-refractivity contribution in [2.45, 2.75) is 69.6 Å². The molecule has 2 fully saturated rings. The van der Waals surface area contributed by atoms with Crippen LogP contribution in [-0.4, -0.2) is 76.5 Å². The maximum atomic E-state index is 16.6. The highest BCUT2D eigenvalue weighted by Crippen LogP contribution is 2.47. The summed E-state index contributed by atoms with van der Waals surface area (Å²) in [6, 6.07) is 0.300. The van der Waals surface area contributed by atoms with Gasteiger partial charge in [-0.15, -0.1) is 0 Å². The monoisotopic (exact) mass is 659 g/mol. The third-order valence-electron chi connectivity index (χ3n) is 8.67. The number of nitrogens with one attached hydrogen (secondary N) is 2. The Bertz CT molecular complexity index is 1630. The van der Waals surface area contributed by atoms with Crippen LogP contribution in [0.2, 0.25) is 5.02 Å². The molecule has 1 aromatic carbocycles. The highest BCUT2D eigenvalue weighted by atomic mass is 35.5. The first-order valence-corrected chi connectivity index (χ1v) is 15.1. The zero-order valence-corrected chi connectivity index (χ0v) is 25.3. The number of nitrogen functional groups attached to an aromatic ring is 1. The summed E-state index contributed by atoms with van der Waals surface area (Å²) in [7, 11) is 0. The summed E-state index contributed by atoms with van der Waals surface area (Å²) in [4.78, 5) is 15.0. The van der Waals surface area contributed by atoms with Crippen LogP contribution in [0.15, 0.2) is 6.07 Å². The van der Waals surface area contributed by atoms with Crippen LogP contribution in [0.4, 0.5) is 37.8 Å². The minimum atomic E-state index is -5.20. The van der Waals surface area contributed by atoms with Gasteiger partial charge in [0.15, 0.2) is 11.6 Å². The Hall–Kier alpha value is -3.30. The molecule has 3 aromatic rings. The highest BCUT2D eigenvalue weighted by molar-refractivity contribution is 6.32. The fourth-order valence-corrected chi connectivity index (χ4v) is 6.76. The molecular formula is C29H32ClF6N7O2. The number of ether oxygens (including phenoxy) is 2. The van der Waals surface area contributed by atoms with Crippen LogP contribution < -0.4 is 25.8 Å². The number of aromatic nitrogens is 3. The van der Waals surface area contributed by atoms with Crippen molar-refractivity contribution in [2.24, 2.45) is 0 Å². The van der Waals surface area contributed by atoms with Crippen molar-refractivity contribution in [3.05, 3.63) is 28.3 Å². The topological polar surface area (TPSA) is 110 Å². The largest absolute Gasteiger partial charge is 0.474 e. The van der Waals surface area contributed by atoms with Gasteiger partial charge in [0.25, 0.3) is 0 Å². The van der Waals surface area contributed by atoms with Gasteiger partial charge in [-0.3, -0.25) is 4.90 Å². The Morgan fingerprint density at radius 3 is 2.73 bits per heavy atom. The first kappa shape index (κ1) is 31.7. The Kier molecular flexibility index (Phi) is 8.31. The van der Waals surface area contributed by atoms with Crippen molar-refractivity contribution in [3.8, 4) is 23.1 Å². The maximum Gasteiger partial charge on any atom is 0.418 e. The zero-order chi connectivity index (χ0) is 32.3. The van der Waals surface area contributed by atoms with E-state index in [-0.39, 0.29) is 48.7 Å². The average Bonchev–Trinajstić information content (AvgIpc) is 3.48. The zero-order valence-electron chi connectivity index (χ0n) is 24.5. The number of halogens is 7. The third kappa shape index (κ3) is 5.89. The van der Waals surface area contributed by atoms with E-state index in [2.05, 4.69) is 25.6 Å². The van der Waals surface area contributed by atoms with E-state index in [0.29, 0.717) is 38.5 Å². The molecular weight excluding hydrogens is 628 g/mol. The number of alkyl halides is 4. The van der Waals surface area contributed by atoms with Gasteiger partial charge in [0.2, 0.25) is 5.88 Å². The standard InChI is InChI=1S/C29H32ClF6N7O2/c1-13-10-39-25-18-24(41-27(42-25)44-12-28-5-3-7-43(28)11-15(31)9-28)22(33)23(40-26(18)45-14(2)4-6-38-13)16-8-17(37)21(32)20(30)19(16)29(34,35)36/h8,13-15,38H,3-7,9-12,37H2,1-2H3,(H,39,41,42)/t13?,14-,15+,28?/m0/s1. The molecule has 2 saturated heterocycles. The highest BCUT2D eigenvalue weighted by Gasteiger charge is 2.49. The van der Waals surface area contributed by atoms with Gasteiger partial charge in [0.1, 0.15) is 35.2 Å². The number of benzene rings is 1. The van der Waals surface area contributed by atoms with Gasteiger partial charge < -0.3 is 25.8 Å². The van der Waals surface area contributed by atoms with E-state index in [9.17, 15) is 22.0 Å². The van der Waals surface area contributed by atoms with Crippen LogP contribution in [0.25, 0.3) is 22.2 Å². The van der Waals surface area contributed by atoms with Crippen LogP contribution >= 0.6 is 11.6 Å². The SMILES string of the molecule is CC1CNc2nc(OCC34CCCN3C[C@H](F)C4)nc3c(F)c(-c4cc(N)c(F)c(Cl)c4C(F)(F)F)nc(c23)O[C@@H](C)CCN1. The van der Waals surface area contributed by atoms with Crippen LogP contribution in [0.5, 0.6) is 11.9 Å². The molecule has 9 nitrogen and oxygen atoms in total. The summed E-state index contributed by atoms with van der Waals surface area (Å²) in [6.07, 6.45) is -4.44. The lowest BCUT2D eigenvalue weighted by Gasteiger charge is -2.30. The number of hydrogen-bond donors (Lipinski definition) is 3. The molecule has 45 heavy (non-hydrogen) atoms. The minimum absolute atomic E-state index is 0.0235. The molecule has 3 aliphatic heterocycles. The second kappa shape index (κ2) is 11.8. The Morgan fingerprint density at radius 2 is 1.98 bits per heavy atom. The number of fused-ring (bicyclic) bond motifs is 1. The number of anilines is 2. The van der Waals surface area contributed by atoms with Gasteiger partial charge in [0, 0.05) is 31.1 Å². The molecule has 6 rings (SSSR count). The van der Waals surface area contributed by atoms with Crippen molar-refractivity contribution < 1.29 is 35.8 Å². The molecule has 0 bridgehead atoms. The van der Waals surface area contributed by atoms with E-state index in [4.69, 9.17) is 26.8 Å². The molecule has 0 amide bonds. The van der Waals surface area contributed by atoms with Gasteiger partial charge in [-0.1, -0.05) is 11.6 Å². The Morgan fingerprint density at radius 1 is 1.20 bits per heavy atom. The van der Waals surface area contributed by atoms with Crippen molar-refractivity contribution >= 4 is 34.0 Å². The first-order valence-electron chi connectivity index (χ1n) is 14.7. The lowest BCUT2D eigenvalue weighted by molar-refractivity contribution is -0.137. The van der Waals surface area contributed by atoms with Crippen LogP contribution in [0, 0.1) is 11.6 Å². The summed E-state index contributed by atoms with van der Waals surface area (Å²) in [5, 5.41) is 5.11. The van der Waals surface area contributed by atoms with Gasteiger partial charge >= 0.3 is 12.2 Å². The molecule has 0 spiro atoms. The van der Waals surface area contributed by atoms with Gasteiger partial charge in [-0.2, -0.15) is 23.1 Å². The number of pyridine rings is 1. The van der Waals surface area contributed by atoms with Crippen molar-refractivity contribution in [3.63, 3.8) is 0 Å². The molecule has 4 N–H and O–H groups in total. The molecule has 16 heteroatoms. The fraction of sp³-hybridized carbons (Fsp3) is 0.552.